The van der Waals surface area contributed by atoms with E-state index in [1.54, 1.807) is 6.07 Å². The van der Waals surface area contributed by atoms with E-state index in [-0.39, 0.29) is 21.8 Å². The number of carbonyl (C=O) groups is 1. The number of benzene rings is 1. The minimum Gasteiger partial charge on any atom is -0.478 e. The van der Waals surface area contributed by atoms with Crippen molar-refractivity contribution in [2.45, 2.75) is 12.7 Å². The lowest BCUT2D eigenvalue weighted by atomic mass is 10.0. The van der Waals surface area contributed by atoms with Crippen molar-refractivity contribution in [3.8, 4) is 5.75 Å². The summed E-state index contributed by atoms with van der Waals surface area (Å²) in [6, 6.07) is 7.08. The molecule has 0 bridgehead atoms. The third-order valence-electron chi connectivity index (χ3n) is 2.60. The lowest BCUT2D eigenvalue weighted by Gasteiger charge is -2.15. The van der Waals surface area contributed by atoms with Gasteiger partial charge in [0.15, 0.2) is 0 Å². The van der Waals surface area contributed by atoms with Gasteiger partial charge in [-0.05, 0) is 17.5 Å². The molecule has 1 atom stereocenters. The second-order valence-electron chi connectivity index (χ2n) is 3.82. The first-order valence-electron chi connectivity index (χ1n) is 5.53. The molecule has 0 saturated heterocycles. The molecule has 0 radical (unpaired) electrons. The van der Waals surface area contributed by atoms with Crippen LogP contribution in [0.5, 0.6) is 5.75 Å². The van der Waals surface area contributed by atoms with Gasteiger partial charge < -0.3 is 14.9 Å². The van der Waals surface area contributed by atoms with Gasteiger partial charge in [-0.2, -0.15) is 8.78 Å². The Kier molecular flexibility index (Phi) is 4.31. The Morgan fingerprint density at radius 1 is 1.25 bits per heavy atom. The van der Waals surface area contributed by atoms with Crippen molar-refractivity contribution < 1.29 is 28.5 Å². The Bertz CT molecular complexity index is 612. The van der Waals surface area contributed by atoms with Crippen LogP contribution in [-0.2, 0) is 0 Å². The van der Waals surface area contributed by atoms with Crippen molar-refractivity contribution in [1.82, 2.24) is 0 Å². The van der Waals surface area contributed by atoms with E-state index in [9.17, 15) is 18.7 Å². The number of aliphatic hydroxyl groups excluding tert-OH is 1. The Morgan fingerprint density at radius 2 is 1.95 bits per heavy atom. The Balaban J connectivity index is 2.40. The van der Waals surface area contributed by atoms with Gasteiger partial charge in [0.1, 0.15) is 11.9 Å². The molecule has 1 heterocycles. The highest BCUT2D eigenvalue weighted by atomic mass is 32.1. The largest absolute Gasteiger partial charge is 0.478 e. The summed E-state index contributed by atoms with van der Waals surface area (Å²) in [6.45, 7) is -3.02. The molecule has 0 saturated carbocycles. The lowest BCUT2D eigenvalue weighted by Crippen LogP contribution is -2.09. The first-order valence-corrected chi connectivity index (χ1v) is 6.41. The molecule has 1 aromatic heterocycles. The molecule has 2 aromatic rings. The summed E-state index contributed by atoms with van der Waals surface area (Å²) in [5.41, 5.74) is 0.0344. The van der Waals surface area contributed by atoms with E-state index in [0.29, 0.717) is 0 Å². The molecule has 1 unspecified atom stereocenters. The van der Waals surface area contributed by atoms with Crippen LogP contribution in [0.15, 0.2) is 35.7 Å². The Labute approximate surface area is 116 Å². The SMILES string of the molecule is O=C(O)c1ccsc1C(O)c1ccccc1OC(F)F. The number of hydrogen-bond acceptors (Lipinski definition) is 4. The molecule has 7 heteroatoms. The molecule has 0 amide bonds. The lowest BCUT2D eigenvalue weighted by molar-refractivity contribution is -0.0512. The maximum absolute atomic E-state index is 12.3. The standard InChI is InChI=1S/C13H10F2O4S/c14-13(15)19-9-4-2-1-3-7(9)10(16)11-8(12(17)18)5-6-20-11/h1-6,10,13,16H,(H,17,18). The van der Waals surface area contributed by atoms with Crippen LogP contribution in [0.3, 0.4) is 0 Å². The van der Waals surface area contributed by atoms with Crippen LogP contribution in [0.1, 0.15) is 26.9 Å². The average Bonchev–Trinajstić information content (AvgIpc) is 2.87. The fourth-order valence-electron chi connectivity index (χ4n) is 1.76. The highest BCUT2D eigenvalue weighted by Gasteiger charge is 2.23. The normalized spacial score (nSPS) is 12.4. The maximum atomic E-state index is 12.3. The van der Waals surface area contributed by atoms with Crippen LogP contribution < -0.4 is 4.74 Å². The molecular formula is C13H10F2O4S. The molecule has 0 aliphatic carbocycles. The molecule has 20 heavy (non-hydrogen) atoms. The minimum absolute atomic E-state index is 0.0608. The van der Waals surface area contributed by atoms with E-state index in [0.717, 1.165) is 11.3 Å². The second kappa shape index (κ2) is 5.98. The van der Waals surface area contributed by atoms with Crippen molar-refractivity contribution >= 4 is 17.3 Å². The van der Waals surface area contributed by atoms with Gasteiger partial charge >= 0.3 is 12.6 Å². The third kappa shape index (κ3) is 2.94. The van der Waals surface area contributed by atoms with Crippen LogP contribution in [0.2, 0.25) is 0 Å². The summed E-state index contributed by atoms with van der Waals surface area (Å²) in [5.74, 6) is -1.37. The predicted molar refractivity (Wildman–Crippen MR) is 68.4 cm³/mol. The van der Waals surface area contributed by atoms with Gasteiger partial charge in [-0.25, -0.2) is 4.79 Å². The minimum atomic E-state index is -3.02. The molecule has 1 aromatic carbocycles. The molecular weight excluding hydrogens is 290 g/mol. The predicted octanol–water partition coefficient (Wildman–Crippen LogP) is 3.13. The summed E-state index contributed by atoms with van der Waals surface area (Å²) in [7, 11) is 0. The van der Waals surface area contributed by atoms with Crippen LogP contribution in [0.25, 0.3) is 0 Å². The van der Waals surface area contributed by atoms with Crippen LogP contribution in [0.4, 0.5) is 8.78 Å². The van der Waals surface area contributed by atoms with Gasteiger partial charge in [0, 0.05) is 5.56 Å². The fourth-order valence-corrected chi connectivity index (χ4v) is 2.65. The molecule has 106 valence electrons. The van der Waals surface area contributed by atoms with Crippen molar-refractivity contribution in [1.29, 1.82) is 0 Å². The van der Waals surface area contributed by atoms with Crippen LogP contribution in [0, 0.1) is 0 Å². The number of ether oxygens (including phenoxy) is 1. The summed E-state index contributed by atoms with van der Waals surface area (Å²) < 4.78 is 29.0. The first kappa shape index (κ1) is 14.4. The summed E-state index contributed by atoms with van der Waals surface area (Å²) in [5, 5.41) is 20.7. The zero-order valence-electron chi connectivity index (χ0n) is 9.99. The van der Waals surface area contributed by atoms with Gasteiger partial charge in [0.05, 0.1) is 10.4 Å². The summed E-state index contributed by atoms with van der Waals surface area (Å²) in [4.78, 5) is 11.2. The number of rotatable bonds is 5. The van der Waals surface area contributed by atoms with E-state index in [1.807, 2.05) is 0 Å². The maximum Gasteiger partial charge on any atom is 0.387 e. The number of aliphatic hydroxyl groups is 1. The molecule has 0 aliphatic rings. The van der Waals surface area contributed by atoms with E-state index in [1.165, 1.54) is 29.6 Å². The van der Waals surface area contributed by atoms with Gasteiger partial charge in [-0.3, -0.25) is 0 Å². The summed E-state index contributed by atoms with van der Waals surface area (Å²) >= 11 is 1.03. The highest BCUT2D eigenvalue weighted by molar-refractivity contribution is 7.10. The van der Waals surface area contributed by atoms with Crippen molar-refractivity contribution in [3.63, 3.8) is 0 Å². The molecule has 2 rings (SSSR count). The third-order valence-corrected chi connectivity index (χ3v) is 3.57. The fraction of sp³-hybridized carbons (Fsp3) is 0.154. The number of alkyl halides is 2. The van der Waals surface area contributed by atoms with Gasteiger partial charge in [0.2, 0.25) is 0 Å². The monoisotopic (exact) mass is 300 g/mol. The number of thiophene rings is 1. The molecule has 2 N–H and O–H groups in total. The molecule has 0 spiro atoms. The average molecular weight is 300 g/mol. The van der Waals surface area contributed by atoms with Crippen molar-refractivity contribution in [3.05, 3.63) is 51.7 Å². The van der Waals surface area contributed by atoms with Gasteiger partial charge in [0.25, 0.3) is 0 Å². The number of para-hydroxylation sites is 1. The number of carboxylic acids is 1. The van der Waals surface area contributed by atoms with Crippen LogP contribution >= 0.6 is 11.3 Å². The van der Waals surface area contributed by atoms with E-state index < -0.39 is 18.7 Å². The molecule has 0 aliphatic heterocycles. The first-order chi connectivity index (χ1) is 9.50. The highest BCUT2D eigenvalue weighted by Crippen LogP contribution is 2.35. The van der Waals surface area contributed by atoms with Crippen molar-refractivity contribution in [2.75, 3.05) is 0 Å². The van der Waals surface area contributed by atoms with Gasteiger partial charge in [-0.15, -0.1) is 11.3 Å². The Hall–Kier alpha value is -1.99. The number of hydrogen-bond donors (Lipinski definition) is 2. The number of halogens is 2. The van der Waals surface area contributed by atoms with E-state index >= 15 is 0 Å². The number of aromatic carboxylic acids is 1. The Morgan fingerprint density at radius 3 is 2.60 bits per heavy atom. The van der Waals surface area contributed by atoms with E-state index in [4.69, 9.17) is 5.11 Å². The zero-order chi connectivity index (χ0) is 14.7. The molecule has 0 fully saturated rings. The van der Waals surface area contributed by atoms with Gasteiger partial charge in [-0.1, -0.05) is 18.2 Å². The van der Waals surface area contributed by atoms with Crippen LogP contribution in [-0.4, -0.2) is 22.8 Å². The van der Waals surface area contributed by atoms with E-state index in [2.05, 4.69) is 4.74 Å². The van der Waals surface area contributed by atoms with Crippen molar-refractivity contribution in [2.24, 2.45) is 0 Å². The quantitative estimate of drug-likeness (QED) is 0.890. The smallest absolute Gasteiger partial charge is 0.387 e. The zero-order valence-corrected chi connectivity index (χ0v) is 10.8. The number of carboxylic acid groups (broad SMARTS) is 1. The second-order valence-corrected chi connectivity index (χ2v) is 4.77. The topological polar surface area (TPSA) is 66.8 Å². The molecule has 4 nitrogen and oxygen atoms in total. The summed E-state index contributed by atoms with van der Waals surface area (Å²) in [6.07, 6.45) is -1.34.